The topological polar surface area (TPSA) is 59.1 Å². The molecular weight excluding hydrogens is 416 g/mol. The van der Waals surface area contributed by atoms with Gasteiger partial charge in [0.15, 0.2) is 0 Å². The maximum absolute atomic E-state index is 13.7. The number of carbonyl (C=O) groups is 2. The number of amides is 2. The van der Waals surface area contributed by atoms with Crippen LogP contribution in [0.1, 0.15) is 18.1 Å². The molecule has 0 N–H and O–H groups in total. The first-order chi connectivity index (χ1) is 16.0. The Hall–Kier alpha value is -4.06. The largest absolute Gasteiger partial charge is 0.497 e. The molecule has 6 heteroatoms. The van der Waals surface area contributed by atoms with Crippen molar-refractivity contribution in [3.05, 3.63) is 95.7 Å². The summed E-state index contributed by atoms with van der Waals surface area (Å²) in [5.74, 6) is 0.552. The number of rotatable bonds is 8. The van der Waals surface area contributed by atoms with Crippen LogP contribution in [0.4, 0.5) is 5.69 Å². The van der Waals surface area contributed by atoms with Crippen molar-refractivity contribution in [1.82, 2.24) is 4.90 Å². The highest BCUT2D eigenvalue weighted by Gasteiger charge is 2.41. The second-order valence-electron chi connectivity index (χ2n) is 7.67. The number of nitrogens with zero attached hydrogens (tertiary/aromatic N) is 2. The molecule has 168 valence electrons. The summed E-state index contributed by atoms with van der Waals surface area (Å²) in [7, 11) is 3.42. The van der Waals surface area contributed by atoms with Gasteiger partial charge in [0.25, 0.3) is 11.8 Å². The predicted octanol–water partition coefficient (Wildman–Crippen LogP) is 4.51. The van der Waals surface area contributed by atoms with Crippen LogP contribution in [-0.4, -0.2) is 37.5 Å². The first-order valence-electron chi connectivity index (χ1n) is 10.8. The van der Waals surface area contributed by atoms with E-state index in [1.165, 1.54) is 4.90 Å². The van der Waals surface area contributed by atoms with Gasteiger partial charge >= 0.3 is 0 Å². The minimum Gasteiger partial charge on any atom is -0.497 e. The number of imide groups is 1. The summed E-state index contributed by atoms with van der Waals surface area (Å²) in [6.45, 7) is 2.87. The average molecular weight is 443 g/mol. The normalized spacial score (nSPS) is 13.5. The molecule has 33 heavy (non-hydrogen) atoms. The summed E-state index contributed by atoms with van der Waals surface area (Å²) in [5, 5.41) is 0. The van der Waals surface area contributed by atoms with Gasteiger partial charge in [0.1, 0.15) is 17.2 Å². The summed E-state index contributed by atoms with van der Waals surface area (Å²) in [4.78, 5) is 30.4. The summed E-state index contributed by atoms with van der Waals surface area (Å²) >= 11 is 0. The number of hydrogen-bond donors (Lipinski definition) is 0. The second kappa shape index (κ2) is 9.61. The Bertz CT molecular complexity index is 1190. The number of anilines is 1. The molecule has 3 aromatic rings. The van der Waals surface area contributed by atoms with Crippen molar-refractivity contribution in [1.29, 1.82) is 0 Å². The Morgan fingerprint density at radius 3 is 2.24 bits per heavy atom. The van der Waals surface area contributed by atoms with E-state index in [1.54, 1.807) is 55.6 Å². The fourth-order valence-corrected chi connectivity index (χ4v) is 3.94. The lowest BCUT2D eigenvalue weighted by molar-refractivity contribution is -0.120. The number of carbonyl (C=O) groups excluding carboxylic acids is 2. The zero-order chi connectivity index (χ0) is 23.4. The first kappa shape index (κ1) is 22.1. The van der Waals surface area contributed by atoms with Crippen molar-refractivity contribution >= 4 is 23.1 Å². The second-order valence-corrected chi connectivity index (χ2v) is 7.67. The van der Waals surface area contributed by atoms with Crippen molar-refractivity contribution < 1.29 is 19.1 Å². The van der Waals surface area contributed by atoms with Gasteiger partial charge < -0.3 is 14.4 Å². The van der Waals surface area contributed by atoms with Crippen LogP contribution in [0.5, 0.6) is 11.5 Å². The fourth-order valence-electron chi connectivity index (χ4n) is 3.94. The summed E-state index contributed by atoms with van der Waals surface area (Å²) in [5.41, 5.74) is 2.90. The zero-order valence-corrected chi connectivity index (χ0v) is 18.9. The Morgan fingerprint density at radius 1 is 0.848 bits per heavy atom. The minimum absolute atomic E-state index is 0.357. The van der Waals surface area contributed by atoms with E-state index in [2.05, 4.69) is 0 Å². The van der Waals surface area contributed by atoms with Crippen molar-refractivity contribution in [3.63, 3.8) is 0 Å². The minimum atomic E-state index is -0.367. The van der Waals surface area contributed by atoms with Crippen LogP contribution in [0.2, 0.25) is 0 Å². The van der Waals surface area contributed by atoms with Crippen molar-refractivity contribution in [2.75, 3.05) is 25.7 Å². The molecule has 0 aliphatic carbocycles. The molecule has 0 saturated heterocycles. The monoisotopic (exact) mass is 442 g/mol. The molecule has 0 radical (unpaired) electrons. The Labute approximate surface area is 193 Å². The Morgan fingerprint density at radius 2 is 1.58 bits per heavy atom. The molecule has 0 unspecified atom stereocenters. The van der Waals surface area contributed by atoms with Gasteiger partial charge in [-0.3, -0.25) is 9.59 Å². The highest BCUT2D eigenvalue weighted by Crippen LogP contribution is 2.36. The third kappa shape index (κ3) is 4.46. The van der Waals surface area contributed by atoms with Gasteiger partial charge in [-0.05, 0) is 42.3 Å². The van der Waals surface area contributed by atoms with Crippen molar-refractivity contribution in [3.8, 4) is 11.5 Å². The molecule has 0 spiro atoms. The van der Waals surface area contributed by atoms with Crippen molar-refractivity contribution in [2.45, 2.75) is 13.5 Å². The lowest BCUT2D eigenvalue weighted by Crippen LogP contribution is -2.34. The van der Waals surface area contributed by atoms with Crippen LogP contribution in [0.25, 0.3) is 5.57 Å². The zero-order valence-electron chi connectivity index (χ0n) is 18.9. The van der Waals surface area contributed by atoms with E-state index in [1.807, 2.05) is 49.2 Å². The number of benzene rings is 3. The van der Waals surface area contributed by atoms with E-state index in [9.17, 15) is 9.59 Å². The van der Waals surface area contributed by atoms with Crippen LogP contribution in [0, 0.1) is 0 Å². The number of hydrogen-bond acceptors (Lipinski definition) is 5. The molecule has 0 saturated carbocycles. The van der Waals surface area contributed by atoms with Gasteiger partial charge in [0.05, 0.1) is 25.0 Å². The molecule has 3 aromatic carbocycles. The summed E-state index contributed by atoms with van der Waals surface area (Å²) in [6, 6.07) is 24.1. The molecule has 0 atom stereocenters. The maximum Gasteiger partial charge on any atom is 0.282 e. The highest BCUT2D eigenvalue weighted by atomic mass is 16.5. The van der Waals surface area contributed by atoms with Gasteiger partial charge in [-0.1, -0.05) is 48.5 Å². The van der Waals surface area contributed by atoms with Crippen LogP contribution in [0.3, 0.4) is 0 Å². The van der Waals surface area contributed by atoms with Gasteiger partial charge in [0, 0.05) is 19.7 Å². The van der Waals surface area contributed by atoms with Crippen LogP contribution in [0.15, 0.2) is 84.6 Å². The average Bonchev–Trinajstić information content (AvgIpc) is 3.10. The smallest absolute Gasteiger partial charge is 0.282 e. The molecule has 4 rings (SSSR count). The Kier molecular flexibility index (Phi) is 6.45. The third-order valence-corrected chi connectivity index (χ3v) is 5.47. The van der Waals surface area contributed by atoms with E-state index in [4.69, 9.17) is 9.47 Å². The molecule has 2 amide bonds. The molecule has 1 aliphatic heterocycles. The molecule has 6 nitrogen and oxygen atoms in total. The van der Waals surface area contributed by atoms with Crippen molar-refractivity contribution in [2.24, 2.45) is 0 Å². The van der Waals surface area contributed by atoms with Gasteiger partial charge in [-0.15, -0.1) is 0 Å². The van der Waals surface area contributed by atoms with Crippen LogP contribution < -0.4 is 14.4 Å². The first-order valence-corrected chi connectivity index (χ1v) is 10.8. The van der Waals surface area contributed by atoms with E-state index >= 15 is 0 Å². The molecule has 0 aromatic heterocycles. The number of methoxy groups -OCH3 is 1. The summed E-state index contributed by atoms with van der Waals surface area (Å²) < 4.78 is 10.8. The van der Waals surface area contributed by atoms with Crippen LogP contribution in [-0.2, 0) is 16.1 Å². The SMILES string of the molecule is CCOc1cccc(N2C(=O)C(c3ccc(OC)cc3)=C(N(C)Cc3ccccc3)C2=O)c1. The van der Waals surface area contributed by atoms with Gasteiger partial charge in [-0.25, -0.2) is 4.90 Å². The molecular formula is C27H26N2O4. The summed E-state index contributed by atoms with van der Waals surface area (Å²) in [6.07, 6.45) is 0. The fraction of sp³-hybridized carbons (Fsp3) is 0.185. The van der Waals surface area contributed by atoms with E-state index in [-0.39, 0.29) is 11.8 Å². The number of likely N-dealkylation sites (N-methyl/N-ethyl adjacent to an activating group) is 1. The Balaban J connectivity index is 1.77. The standard InChI is InChI=1S/C27H26N2O4/c1-4-33-23-12-8-11-21(17-23)29-26(30)24(20-13-15-22(32-3)16-14-20)25(27(29)31)28(2)18-19-9-6-5-7-10-19/h5-17H,4,18H2,1-3H3. The molecule has 0 bridgehead atoms. The molecule has 0 fully saturated rings. The highest BCUT2D eigenvalue weighted by molar-refractivity contribution is 6.45. The van der Waals surface area contributed by atoms with Gasteiger partial charge in [-0.2, -0.15) is 0 Å². The molecule has 1 aliphatic rings. The van der Waals surface area contributed by atoms with E-state index in [0.29, 0.717) is 47.2 Å². The maximum atomic E-state index is 13.7. The molecule has 1 heterocycles. The lowest BCUT2D eigenvalue weighted by atomic mass is 10.0. The predicted molar refractivity (Wildman–Crippen MR) is 128 cm³/mol. The number of ether oxygens (including phenoxy) is 2. The van der Waals surface area contributed by atoms with Gasteiger partial charge in [0.2, 0.25) is 0 Å². The quantitative estimate of drug-likeness (QED) is 0.481. The van der Waals surface area contributed by atoms with E-state index in [0.717, 1.165) is 5.56 Å². The lowest BCUT2D eigenvalue weighted by Gasteiger charge is -2.22. The van der Waals surface area contributed by atoms with Crippen LogP contribution >= 0.6 is 0 Å². The van der Waals surface area contributed by atoms with E-state index < -0.39 is 0 Å². The third-order valence-electron chi connectivity index (χ3n) is 5.47.